The second kappa shape index (κ2) is 5.69. The van der Waals surface area contributed by atoms with Gasteiger partial charge in [0.25, 0.3) is 5.91 Å². The van der Waals surface area contributed by atoms with Gasteiger partial charge in [0.1, 0.15) is 0 Å². The van der Waals surface area contributed by atoms with Crippen LogP contribution in [0.5, 0.6) is 0 Å². The zero-order chi connectivity index (χ0) is 14.8. The van der Waals surface area contributed by atoms with Crippen molar-refractivity contribution in [2.24, 2.45) is 0 Å². The SMILES string of the molecule is C=Cc1cc(C(=O)N2CCCCC2)ccc1C(F)(F)F. The van der Waals surface area contributed by atoms with Crippen LogP contribution in [0, 0.1) is 0 Å². The number of carbonyl (C=O) groups is 1. The van der Waals surface area contributed by atoms with Gasteiger partial charge in [-0.1, -0.05) is 12.7 Å². The number of hydrogen-bond acceptors (Lipinski definition) is 1. The van der Waals surface area contributed by atoms with Crippen LogP contribution in [0.4, 0.5) is 13.2 Å². The molecule has 0 bridgehead atoms. The highest BCUT2D eigenvalue weighted by atomic mass is 19.4. The number of amides is 1. The summed E-state index contributed by atoms with van der Waals surface area (Å²) >= 11 is 0. The van der Waals surface area contributed by atoms with Gasteiger partial charge in [0.15, 0.2) is 0 Å². The lowest BCUT2D eigenvalue weighted by molar-refractivity contribution is -0.137. The van der Waals surface area contributed by atoms with Crippen LogP contribution in [0.2, 0.25) is 0 Å². The molecule has 1 fully saturated rings. The Balaban J connectivity index is 2.29. The summed E-state index contributed by atoms with van der Waals surface area (Å²) in [6.45, 7) is 4.73. The molecule has 0 unspecified atom stereocenters. The van der Waals surface area contributed by atoms with E-state index < -0.39 is 11.7 Å². The van der Waals surface area contributed by atoms with Crippen molar-refractivity contribution in [3.05, 3.63) is 41.5 Å². The first-order chi connectivity index (χ1) is 9.43. The first kappa shape index (κ1) is 14.6. The average Bonchev–Trinajstić information content (AvgIpc) is 2.45. The van der Waals surface area contributed by atoms with Gasteiger partial charge in [-0.3, -0.25) is 4.79 Å². The lowest BCUT2D eigenvalue weighted by atomic mass is 10.0. The van der Waals surface area contributed by atoms with Crippen LogP contribution in [-0.2, 0) is 6.18 Å². The third kappa shape index (κ3) is 3.03. The predicted molar refractivity (Wildman–Crippen MR) is 71.3 cm³/mol. The Morgan fingerprint density at radius 3 is 2.40 bits per heavy atom. The summed E-state index contributed by atoms with van der Waals surface area (Å²) in [4.78, 5) is 13.9. The number of alkyl halides is 3. The van der Waals surface area contributed by atoms with E-state index in [0.29, 0.717) is 13.1 Å². The fraction of sp³-hybridized carbons (Fsp3) is 0.400. The molecule has 5 heteroatoms. The molecule has 0 N–H and O–H groups in total. The third-order valence-corrected chi connectivity index (χ3v) is 3.47. The minimum Gasteiger partial charge on any atom is -0.339 e. The van der Waals surface area contributed by atoms with Gasteiger partial charge >= 0.3 is 6.18 Å². The fourth-order valence-corrected chi connectivity index (χ4v) is 2.40. The molecule has 0 aliphatic carbocycles. The summed E-state index contributed by atoms with van der Waals surface area (Å²) in [5.41, 5.74) is -0.530. The van der Waals surface area contributed by atoms with Crippen LogP contribution < -0.4 is 0 Å². The zero-order valence-electron chi connectivity index (χ0n) is 11.0. The summed E-state index contributed by atoms with van der Waals surface area (Å²) in [6.07, 6.45) is -0.317. The third-order valence-electron chi connectivity index (χ3n) is 3.47. The van der Waals surface area contributed by atoms with Crippen molar-refractivity contribution in [3.8, 4) is 0 Å². The maximum absolute atomic E-state index is 12.8. The van der Waals surface area contributed by atoms with E-state index in [1.807, 2.05) is 0 Å². The monoisotopic (exact) mass is 283 g/mol. The lowest BCUT2D eigenvalue weighted by Crippen LogP contribution is -2.35. The van der Waals surface area contributed by atoms with Crippen LogP contribution in [0.3, 0.4) is 0 Å². The molecule has 1 aliphatic heterocycles. The second-order valence-corrected chi connectivity index (χ2v) is 4.86. The van der Waals surface area contributed by atoms with E-state index in [4.69, 9.17) is 0 Å². The maximum Gasteiger partial charge on any atom is 0.416 e. The fourth-order valence-electron chi connectivity index (χ4n) is 2.40. The highest BCUT2D eigenvalue weighted by Gasteiger charge is 2.33. The van der Waals surface area contributed by atoms with Gasteiger partial charge in [-0.25, -0.2) is 0 Å². The zero-order valence-corrected chi connectivity index (χ0v) is 11.0. The van der Waals surface area contributed by atoms with Crippen molar-refractivity contribution in [1.29, 1.82) is 0 Å². The van der Waals surface area contributed by atoms with Crippen molar-refractivity contribution < 1.29 is 18.0 Å². The lowest BCUT2D eigenvalue weighted by Gasteiger charge is -2.27. The van der Waals surface area contributed by atoms with Crippen LogP contribution in [0.25, 0.3) is 6.08 Å². The quantitative estimate of drug-likeness (QED) is 0.804. The molecule has 1 aromatic rings. The molecular weight excluding hydrogens is 267 g/mol. The number of carbonyl (C=O) groups excluding carboxylic acids is 1. The average molecular weight is 283 g/mol. The summed E-state index contributed by atoms with van der Waals surface area (Å²) < 4.78 is 38.3. The number of nitrogens with zero attached hydrogens (tertiary/aromatic N) is 1. The van der Waals surface area contributed by atoms with Crippen LogP contribution in [0.1, 0.15) is 40.7 Å². The number of benzene rings is 1. The smallest absolute Gasteiger partial charge is 0.339 e. The second-order valence-electron chi connectivity index (χ2n) is 4.86. The first-order valence-electron chi connectivity index (χ1n) is 6.56. The molecule has 20 heavy (non-hydrogen) atoms. The highest BCUT2D eigenvalue weighted by molar-refractivity contribution is 5.95. The first-order valence-corrected chi connectivity index (χ1v) is 6.56. The number of hydrogen-bond donors (Lipinski definition) is 0. The molecule has 1 heterocycles. The van der Waals surface area contributed by atoms with E-state index >= 15 is 0 Å². The molecule has 1 aromatic carbocycles. The Bertz CT molecular complexity index is 516. The van der Waals surface area contributed by atoms with Crippen molar-refractivity contribution >= 4 is 12.0 Å². The number of piperidine rings is 1. The summed E-state index contributed by atoms with van der Waals surface area (Å²) in [6, 6.07) is 3.47. The minimum atomic E-state index is -4.43. The molecule has 0 aromatic heterocycles. The van der Waals surface area contributed by atoms with E-state index in [0.717, 1.165) is 31.4 Å². The highest BCUT2D eigenvalue weighted by Crippen LogP contribution is 2.33. The molecule has 108 valence electrons. The van der Waals surface area contributed by atoms with Crippen molar-refractivity contribution in [3.63, 3.8) is 0 Å². The van der Waals surface area contributed by atoms with Gasteiger partial charge in [0.2, 0.25) is 0 Å². The molecule has 1 saturated heterocycles. The van der Waals surface area contributed by atoms with Crippen LogP contribution in [0.15, 0.2) is 24.8 Å². The van der Waals surface area contributed by atoms with E-state index in [-0.39, 0.29) is 17.0 Å². The molecule has 2 rings (SSSR count). The Morgan fingerprint density at radius 2 is 1.85 bits per heavy atom. The molecule has 2 nitrogen and oxygen atoms in total. The standard InChI is InChI=1S/C15H16F3NO/c1-2-11-10-12(6-7-13(11)15(16,17)18)14(20)19-8-4-3-5-9-19/h2,6-7,10H,1,3-5,8-9H2. The van der Waals surface area contributed by atoms with Gasteiger partial charge in [-0.15, -0.1) is 0 Å². The van der Waals surface area contributed by atoms with E-state index in [1.165, 1.54) is 12.1 Å². The Labute approximate surface area is 115 Å². The topological polar surface area (TPSA) is 20.3 Å². The molecular formula is C15H16F3NO. The van der Waals surface area contributed by atoms with Crippen molar-refractivity contribution in [2.75, 3.05) is 13.1 Å². The number of halogens is 3. The normalized spacial score (nSPS) is 16.1. The minimum absolute atomic E-state index is 0.0552. The largest absolute Gasteiger partial charge is 0.416 e. The number of likely N-dealkylation sites (tertiary alicyclic amines) is 1. The van der Waals surface area contributed by atoms with Crippen molar-refractivity contribution in [2.45, 2.75) is 25.4 Å². The molecule has 1 aliphatic rings. The van der Waals surface area contributed by atoms with Gasteiger partial charge in [-0.05, 0) is 43.0 Å². The van der Waals surface area contributed by atoms with Gasteiger partial charge in [-0.2, -0.15) is 13.2 Å². The summed E-state index contributed by atoms with van der Waals surface area (Å²) in [7, 11) is 0. The van der Waals surface area contributed by atoms with Crippen LogP contribution in [-0.4, -0.2) is 23.9 Å². The molecule has 0 saturated carbocycles. The predicted octanol–water partition coefficient (Wildman–Crippen LogP) is 3.97. The van der Waals surface area contributed by atoms with Crippen molar-refractivity contribution in [1.82, 2.24) is 4.90 Å². The maximum atomic E-state index is 12.8. The Hall–Kier alpha value is -1.78. The summed E-state index contributed by atoms with van der Waals surface area (Å²) in [5, 5.41) is 0. The Morgan fingerprint density at radius 1 is 1.20 bits per heavy atom. The summed E-state index contributed by atoms with van der Waals surface area (Å²) in [5.74, 6) is -0.207. The molecule has 0 atom stereocenters. The van der Waals surface area contributed by atoms with Gasteiger partial charge in [0, 0.05) is 18.7 Å². The Kier molecular flexibility index (Phi) is 4.16. The van der Waals surface area contributed by atoms with Gasteiger partial charge < -0.3 is 4.90 Å². The molecule has 1 amide bonds. The molecule has 0 spiro atoms. The van der Waals surface area contributed by atoms with Gasteiger partial charge in [0.05, 0.1) is 5.56 Å². The van der Waals surface area contributed by atoms with Crippen LogP contribution >= 0.6 is 0 Å². The molecule has 0 radical (unpaired) electrons. The van der Waals surface area contributed by atoms with E-state index in [9.17, 15) is 18.0 Å². The van der Waals surface area contributed by atoms with E-state index in [1.54, 1.807) is 4.90 Å². The number of rotatable bonds is 2. The van der Waals surface area contributed by atoms with E-state index in [2.05, 4.69) is 6.58 Å².